The van der Waals surface area contributed by atoms with E-state index in [2.05, 4.69) is 41.8 Å². The topological polar surface area (TPSA) is 78.4 Å². The van der Waals surface area contributed by atoms with Gasteiger partial charge >= 0.3 is 0 Å². The van der Waals surface area contributed by atoms with Crippen LogP contribution < -0.4 is 10.6 Å². The molecule has 0 atom stereocenters. The molecular weight excluding hydrogens is 448 g/mol. The van der Waals surface area contributed by atoms with Gasteiger partial charge in [0, 0.05) is 35.6 Å². The van der Waals surface area contributed by atoms with E-state index in [0.29, 0.717) is 53.1 Å². The molecule has 0 aliphatic heterocycles. The van der Waals surface area contributed by atoms with Crippen molar-refractivity contribution in [2.24, 2.45) is 0 Å². The molecule has 5 heteroatoms. The molecule has 0 saturated carbocycles. The fourth-order valence-electron chi connectivity index (χ4n) is 4.62. The maximum Gasteiger partial charge on any atom is 0.196 e. The third-order valence-corrected chi connectivity index (χ3v) is 6.59. The van der Waals surface area contributed by atoms with Gasteiger partial charge in [0.05, 0.1) is 11.1 Å². The van der Waals surface area contributed by atoms with Gasteiger partial charge in [-0.3, -0.25) is 9.59 Å². The predicted molar refractivity (Wildman–Crippen MR) is 143 cm³/mol. The van der Waals surface area contributed by atoms with Gasteiger partial charge in [-0.15, -0.1) is 0 Å². The lowest BCUT2D eigenvalue weighted by Crippen LogP contribution is -2.25. The number of nitrogens with one attached hydrogen (secondary N) is 2. The number of anilines is 2. The summed E-state index contributed by atoms with van der Waals surface area (Å²) in [6, 6.07) is 26.3. The number of aryl methyl sites for hydroxylation is 1. The standard InChI is InChI=1S/C31H28N2O3/c1-20-6-8-21(9-7-20)16-18-32-26-14-15-27(33-19-17-22-10-12-23(34)13-11-22)29-28(26)30(35)24-4-2-3-5-25(24)31(29)36/h2-15,32-34H,16-19H2,1H3. The molecule has 0 bridgehead atoms. The van der Waals surface area contributed by atoms with Crippen molar-refractivity contribution >= 4 is 22.9 Å². The first-order chi connectivity index (χ1) is 17.5. The zero-order valence-electron chi connectivity index (χ0n) is 20.2. The summed E-state index contributed by atoms with van der Waals surface area (Å²) in [5.41, 5.74) is 6.55. The third kappa shape index (κ3) is 4.73. The third-order valence-electron chi connectivity index (χ3n) is 6.59. The Bertz CT molecular complexity index is 1310. The average Bonchev–Trinajstić information content (AvgIpc) is 2.90. The van der Waals surface area contributed by atoms with Crippen LogP contribution in [0.2, 0.25) is 0 Å². The van der Waals surface area contributed by atoms with Gasteiger partial charge in [-0.05, 0) is 55.2 Å². The van der Waals surface area contributed by atoms with Gasteiger partial charge < -0.3 is 15.7 Å². The van der Waals surface area contributed by atoms with Crippen LogP contribution in [-0.4, -0.2) is 29.8 Å². The lowest BCUT2D eigenvalue weighted by atomic mass is 9.82. The van der Waals surface area contributed by atoms with Crippen LogP contribution in [0, 0.1) is 6.92 Å². The van der Waals surface area contributed by atoms with Crippen LogP contribution in [0.4, 0.5) is 11.4 Å². The summed E-state index contributed by atoms with van der Waals surface area (Å²) in [6.45, 7) is 3.29. The molecule has 180 valence electrons. The summed E-state index contributed by atoms with van der Waals surface area (Å²) in [5.74, 6) is -0.0521. The second-order valence-corrected chi connectivity index (χ2v) is 9.12. The van der Waals surface area contributed by atoms with Gasteiger partial charge in [-0.1, -0.05) is 66.2 Å². The molecule has 5 nitrogen and oxygen atoms in total. The van der Waals surface area contributed by atoms with Crippen molar-refractivity contribution in [2.45, 2.75) is 19.8 Å². The second-order valence-electron chi connectivity index (χ2n) is 9.12. The van der Waals surface area contributed by atoms with Gasteiger partial charge in [0.15, 0.2) is 11.6 Å². The number of benzene rings is 4. The SMILES string of the molecule is Cc1ccc(CCNc2ccc(NCCc3ccc(O)cc3)c3c2C(=O)c2ccccc2C3=O)cc1. The molecule has 0 saturated heterocycles. The van der Waals surface area contributed by atoms with Crippen LogP contribution in [-0.2, 0) is 12.8 Å². The van der Waals surface area contributed by atoms with Gasteiger partial charge in [0.2, 0.25) is 0 Å². The van der Waals surface area contributed by atoms with E-state index in [1.807, 2.05) is 24.3 Å². The summed E-state index contributed by atoms with van der Waals surface area (Å²) in [5, 5.41) is 16.3. The van der Waals surface area contributed by atoms with E-state index in [9.17, 15) is 14.7 Å². The normalized spacial score (nSPS) is 12.1. The van der Waals surface area contributed by atoms with Gasteiger partial charge in [0.25, 0.3) is 0 Å². The first-order valence-corrected chi connectivity index (χ1v) is 12.2. The number of phenolic OH excluding ortho intramolecular Hbond substituents is 1. The Hall–Kier alpha value is -4.38. The monoisotopic (exact) mass is 476 g/mol. The highest BCUT2D eigenvalue weighted by molar-refractivity contribution is 6.31. The van der Waals surface area contributed by atoms with Crippen LogP contribution in [0.5, 0.6) is 5.75 Å². The van der Waals surface area contributed by atoms with Crippen LogP contribution in [0.3, 0.4) is 0 Å². The first kappa shape index (κ1) is 23.4. The molecule has 0 aromatic heterocycles. The van der Waals surface area contributed by atoms with Crippen LogP contribution in [0.1, 0.15) is 48.5 Å². The molecule has 36 heavy (non-hydrogen) atoms. The average molecular weight is 477 g/mol. The lowest BCUT2D eigenvalue weighted by molar-refractivity contribution is 0.0980. The van der Waals surface area contributed by atoms with Crippen molar-refractivity contribution in [3.63, 3.8) is 0 Å². The van der Waals surface area contributed by atoms with E-state index in [0.717, 1.165) is 12.0 Å². The number of ketones is 2. The summed E-state index contributed by atoms with van der Waals surface area (Å²) in [6.07, 6.45) is 1.52. The molecule has 0 amide bonds. The number of fused-ring (bicyclic) bond motifs is 2. The minimum atomic E-state index is -0.144. The zero-order chi connectivity index (χ0) is 25.1. The molecular formula is C31H28N2O3. The molecule has 0 heterocycles. The Morgan fingerprint density at radius 2 is 1.06 bits per heavy atom. The molecule has 1 aliphatic rings. The van der Waals surface area contributed by atoms with Gasteiger partial charge in [-0.2, -0.15) is 0 Å². The van der Waals surface area contributed by atoms with E-state index in [-0.39, 0.29) is 17.3 Å². The number of carbonyl (C=O) groups excluding carboxylic acids is 2. The maximum atomic E-state index is 13.6. The molecule has 4 aromatic rings. The summed E-state index contributed by atoms with van der Waals surface area (Å²) in [7, 11) is 0. The molecule has 1 aliphatic carbocycles. The highest BCUT2D eigenvalue weighted by Gasteiger charge is 2.33. The molecule has 4 aromatic carbocycles. The fourth-order valence-corrected chi connectivity index (χ4v) is 4.62. The molecule has 0 radical (unpaired) electrons. The van der Waals surface area contributed by atoms with Crippen molar-refractivity contribution in [2.75, 3.05) is 23.7 Å². The molecule has 5 rings (SSSR count). The number of hydrogen-bond acceptors (Lipinski definition) is 5. The number of hydrogen-bond donors (Lipinski definition) is 3. The number of rotatable bonds is 8. The van der Waals surface area contributed by atoms with E-state index in [4.69, 9.17) is 0 Å². The summed E-state index contributed by atoms with van der Waals surface area (Å²) >= 11 is 0. The minimum absolute atomic E-state index is 0.139. The van der Waals surface area contributed by atoms with E-state index in [1.165, 1.54) is 11.1 Å². The summed E-state index contributed by atoms with van der Waals surface area (Å²) in [4.78, 5) is 27.2. The molecule has 0 unspecified atom stereocenters. The van der Waals surface area contributed by atoms with Crippen molar-refractivity contribution < 1.29 is 14.7 Å². The highest BCUT2D eigenvalue weighted by atomic mass is 16.3. The van der Waals surface area contributed by atoms with Crippen molar-refractivity contribution in [3.05, 3.63) is 124 Å². The van der Waals surface area contributed by atoms with Crippen molar-refractivity contribution in [1.82, 2.24) is 0 Å². The van der Waals surface area contributed by atoms with Crippen LogP contribution in [0.25, 0.3) is 0 Å². The summed E-state index contributed by atoms with van der Waals surface area (Å²) < 4.78 is 0. The largest absolute Gasteiger partial charge is 0.508 e. The maximum absolute atomic E-state index is 13.6. The number of aromatic hydroxyl groups is 1. The Morgan fingerprint density at radius 1 is 0.611 bits per heavy atom. The molecule has 0 spiro atoms. The quantitative estimate of drug-likeness (QED) is 0.264. The predicted octanol–water partition coefficient (Wildman–Crippen LogP) is 5.79. The van der Waals surface area contributed by atoms with E-state index in [1.54, 1.807) is 36.4 Å². The van der Waals surface area contributed by atoms with Crippen molar-refractivity contribution in [3.8, 4) is 5.75 Å². The van der Waals surface area contributed by atoms with Gasteiger partial charge in [-0.25, -0.2) is 0 Å². The number of carbonyl (C=O) groups is 2. The minimum Gasteiger partial charge on any atom is -0.508 e. The lowest BCUT2D eigenvalue weighted by Gasteiger charge is -2.24. The Kier molecular flexibility index (Phi) is 6.54. The van der Waals surface area contributed by atoms with Gasteiger partial charge in [0.1, 0.15) is 5.75 Å². The van der Waals surface area contributed by atoms with E-state index >= 15 is 0 Å². The molecule has 3 N–H and O–H groups in total. The van der Waals surface area contributed by atoms with Crippen LogP contribution in [0.15, 0.2) is 84.9 Å². The van der Waals surface area contributed by atoms with E-state index < -0.39 is 0 Å². The second kappa shape index (κ2) is 10.1. The zero-order valence-corrected chi connectivity index (χ0v) is 20.2. The Morgan fingerprint density at radius 3 is 1.53 bits per heavy atom. The Labute approximate surface area is 210 Å². The first-order valence-electron chi connectivity index (χ1n) is 12.2. The molecule has 0 fully saturated rings. The number of phenols is 1. The van der Waals surface area contributed by atoms with Crippen molar-refractivity contribution in [1.29, 1.82) is 0 Å². The highest BCUT2D eigenvalue weighted by Crippen LogP contribution is 2.36. The Balaban J connectivity index is 1.41. The van der Waals surface area contributed by atoms with Crippen LogP contribution >= 0.6 is 0 Å². The fraction of sp³-hybridized carbons (Fsp3) is 0.161. The smallest absolute Gasteiger partial charge is 0.196 e.